The SMILES string of the molecule is CCOCC(O)CNC(C)c1c(C)noc1C. The molecule has 0 fully saturated rings. The fraction of sp³-hybridized carbons (Fsp3) is 0.750. The average molecular weight is 242 g/mol. The molecule has 0 saturated carbocycles. The number of aromatic nitrogens is 1. The van der Waals surface area contributed by atoms with E-state index in [-0.39, 0.29) is 6.04 Å². The number of nitrogens with one attached hydrogen (secondary N) is 1. The molecule has 0 bridgehead atoms. The third-order valence-electron chi connectivity index (χ3n) is 2.70. The van der Waals surface area contributed by atoms with Crippen LogP contribution in [0.1, 0.15) is 36.9 Å². The maximum absolute atomic E-state index is 9.64. The Bertz CT molecular complexity index is 319. The van der Waals surface area contributed by atoms with Crippen LogP contribution in [0.15, 0.2) is 4.52 Å². The van der Waals surface area contributed by atoms with Crippen LogP contribution >= 0.6 is 0 Å². The molecule has 0 aliphatic rings. The van der Waals surface area contributed by atoms with E-state index in [4.69, 9.17) is 9.26 Å². The third kappa shape index (κ3) is 4.11. The second-order valence-electron chi connectivity index (χ2n) is 4.18. The van der Waals surface area contributed by atoms with Gasteiger partial charge in [0.1, 0.15) is 5.76 Å². The standard InChI is InChI=1S/C12H22N2O3/c1-5-16-7-11(15)6-13-8(2)12-9(3)14-17-10(12)4/h8,11,13,15H,5-7H2,1-4H3. The van der Waals surface area contributed by atoms with E-state index in [1.54, 1.807) is 0 Å². The van der Waals surface area contributed by atoms with Crippen molar-refractivity contribution in [2.24, 2.45) is 0 Å². The summed E-state index contributed by atoms with van der Waals surface area (Å²) in [6, 6.07) is 0.109. The van der Waals surface area contributed by atoms with Crippen molar-refractivity contribution < 1.29 is 14.4 Å². The second kappa shape index (κ2) is 6.74. The maximum atomic E-state index is 9.64. The first-order valence-electron chi connectivity index (χ1n) is 5.98. The number of hydrogen-bond donors (Lipinski definition) is 2. The van der Waals surface area contributed by atoms with E-state index in [2.05, 4.69) is 10.5 Å². The number of aliphatic hydroxyl groups is 1. The van der Waals surface area contributed by atoms with Gasteiger partial charge in [-0.1, -0.05) is 5.16 Å². The van der Waals surface area contributed by atoms with Crippen LogP contribution in [0.5, 0.6) is 0 Å². The van der Waals surface area contributed by atoms with Gasteiger partial charge in [0.2, 0.25) is 0 Å². The fourth-order valence-corrected chi connectivity index (χ4v) is 1.84. The zero-order valence-electron chi connectivity index (χ0n) is 11.0. The molecule has 0 aromatic carbocycles. The Morgan fingerprint density at radius 2 is 2.18 bits per heavy atom. The van der Waals surface area contributed by atoms with Crippen molar-refractivity contribution in [3.63, 3.8) is 0 Å². The minimum atomic E-state index is -0.488. The predicted molar refractivity (Wildman–Crippen MR) is 64.9 cm³/mol. The lowest BCUT2D eigenvalue weighted by molar-refractivity contribution is 0.0416. The van der Waals surface area contributed by atoms with Crippen molar-refractivity contribution in [2.45, 2.75) is 39.8 Å². The van der Waals surface area contributed by atoms with Gasteiger partial charge in [0.25, 0.3) is 0 Å². The van der Waals surface area contributed by atoms with E-state index in [0.717, 1.165) is 17.0 Å². The molecule has 1 heterocycles. The Kier molecular flexibility index (Phi) is 5.61. The summed E-state index contributed by atoms with van der Waals surface area (Å²) in [4.78, 5) is 0. The van der Waals surface area contributed by atoms with Gasteiger partial charge in [-0.25, -0.2) is 0 Å². The van der Waals surface area contributed by atoms with Crippen molar-refractivity contribution in [1.82, 2.24) is 10.5 Å². The molecule has 0 aliphatic carbocycles. The number of ether oxygens (including phenoxy) is 1. The Labute approximate surface area is 102 Å². The van der Waals surface area contributed by atoms with Gasteiger partial charge in [-0.3, -0.25) is 0 Å². The van der Waals surface area contributed by atoms with Crippen molar-refractivity contribution in [2.75, 3.05) is 19.8 Å². The third-order valence-corrected chi connectivity index (χ3v) is 2.70. The van der Waals surface area contributed by atoms with E-state index < -0.39 is 6.10 Å². The molecule has 2 N–H and O–H groups in total. The van der Waals surface area contributed by atoms with Crippen molar-refractivity contribution in [1.29, 1.82) is 0 Å². The Morgan fingerprint density at radius 3 is 2.71 bits per heavy atom. The monoisotopic (exact) mass is 242 g/mol. The highest BCUT2D eigenvalue weighted by molar-refractivity contribution is 5.24. The Balaban J connectivity index is 2.42. The highest BCUT2D eigenvalue weighted by atomic mass is 16.5. The van der Waals surface area contributed by atoms with Crippen LogP contribution in [-0.4, -0.2) is 36.1 Å². The topological polar surface area (TPSA) is 67.5 Å². The van der Waals surface area contributed by atoms with Gasteiger partial charge in [0.15, 0.2) is 0 Å². The predicted octanol–water partition coefficient (Wildman–Crippen LogP) is 1.34. The molecule has 0 spiro atoms. The van der Waals surface area contributed by atoms with Crippen LogP contribution in [0.4, 0.5) is 0 Å². The molecule has 1 rings (SSSR count). The minimum absolute atomic E-state index is 0.109. The summed E-state index contributed by atoms with van der Waals surface area (Å²) >= 11 is 0. The molecule has 5 heteroatoms. The van der Waals surface area contributed by atoms with Crippen LogP contribution in [0.3, 0.4) is 0 Å². The number of nitrogens with zero attached hydrogens (tertiary/aromatic N) is 1. The molecule has 2 unspecified atom stereocenters. The van der Waals surface area contributed by atoms with Crippen molar-refractivity contribution in [3.8, 4) is 0 Å². The first kappa shape index (κ1) is 14.2. The molecule has 98 valence electrons. The quantitative estimate of drug-likeness (QED) is 0.755. The molecule has 0 saturated heterocycles. The normalized spacial score (nSPS) is 14.9. The van der Waals surface area contributed by atoms with E-state index in [0.29, 0.717) is 19.8 Å². The number of rotatable bonds is 7. The van der Waals surface area contributed by atoms with E-state index in [1.165, 1.54) is 0 Å². The van der Waals surface area contributed by atoms with Crippen LogP contribution < -0.4 is 5.32 Å². The van der Waals surface area contributed by atoms with Crippen LogP contribution in [0.25, 0.3) is 0 Å². The largest absolute Gasteiger partial charge is 0.389 e. The van der Waals surface area contributed by atoms with Gasteiger partial charge < -0.3 is 19.7 Å². The molecule has 0 aliphatic heterocycles. The van der Waals surface area contributed by atoms with Gasteiger partial charge in [-0.2, -0.15) is 0 Å². The Morgan fingerprint density at radius 1 is 1.47 bits per heavy atom. The zero-order valence-corrected chi connectivity index (χ0v) is 11.0. The van der Waals surface area contributed by atoms with Gasteiger partial charge in [0, 0.05) is 24.8 Å². The van der Waals surface area contributed by atoms with E-state index in [1.807, 2.05) is 27.7 Å². The maximum Gasteiger partial charge on any atom is 0.138 e. The van der Waals surface area contributed by atoms with E-state index >= 15 is 0 Å². The molecular formula is C12H22N2O3. The van der Waals surface area contributed by atoms with Crippen LogP contribution in [-0.2, 0) is 4.74 Å². The molecule has 0 radical (unpaired) electrons. The number of hydrogen-bond acceptors (Lipinski definition) is 5. The number of aryl methyl sites for hydroxylation is 2. The highest BCUT2D eigenvalue weighted by Crippen LogP contribution is 2.20. The summed E-state index contributed by atoms with van der Waals surface area (Å²) in [6.07, 6.45) is -0.488. The van der Waals surface area contributed by atoms with Crippen molar-refractivity contribution in [3.05, 3.63) is 17.0 Å². The fourth-order valence-electron chi connectivity index (χ4n) is 1.84. The second-order valence-corrected chi connectivity index (χ2v) is 4.18. The van der Waals surface area contributed by atoms with Gasteiger partial charge in [-0.05, 0) is 27.7 Å². The molecular weight excluding hydrogens is 220 g/mol. The Hall–Kier alpha value is -0.910. The molecule has 1 aromatic heterocycles. The first-order valence-corrected chi connectivity index (χ1v) is 5.98. The summed E-state index contributed by atoms with van der Waals surface area (Å²) < 4.78 is 10.3. The summed E-state index contributed by atoms with van der Waals surface area (Å²) in [5.74, 6) is 0.821. The number of aliphatic hydroxyl groups excluding tert-OH is 1. The van der Waals surface area contributed by atoms with Gasteiger partial charge in [0.05, 0.1) is 18.4 Å². The summed E-state index contributed by atoms with van der Waals surface area (Å²) in [5, 5.41) is 16.8. The average Bonchev–Trinajstić information content (AvgIpc) is 2.63. The van der Waals surface area contributed by atoms with Gasteiger partial charge in [-0.15, -0.1) is 0 Å². The van der Waals surface area contributed by atoms with Crippen LogP contribution in [0, 0.1) is 13.8 Å². The van der Waals surface area contributed by atoms with Gasteiger partial charge >= 0.3 is 0 Å². The van der Waals surface area contributed by atoms with Crippen molar-refractivity contribution >= 4 is 0 Å². The summed E-state index contributed by atoms with van der Waals surface area (Å²) in [7, 11) is 0. The lowest BCUT2D eigenvalue weighted by Gasteiger charge is -2.17. The summed E-state index contributed by atoms with van der Waals surface area (Å²) in [5.41, 5.74) is 1.95. The van der Waals surface area contributed by atoms with Crippen LogP contribution in [0.2, 0.25) is 0 Å². The molecule has 0 amide bonds. The minimum Gasteiger partial charge on any atom is -0.389 e. The molecule has 2 atom stereocenters. The smallest absolute Gasteiger partial charge is 0.138 e. The lowest BCUT2D eigenvalue weighted by atomic mass is 10.1. The molecule has 5 nitrogen and oxygen atoms in total. The lowest BCUT2D eigenvalue weighted by Crippen LogP contribution is -2.32. The molecule has 1 aromatic rings. The highest BCUT2D eigenvalue weighted by Gasteiger charge is 2.16. The van der Waals surface area contributed by atoms with E-state index in [9.17, 15) is 5.11 Å². The zero-order chi connectivity index (χ0) is 12.8. The molecule has 17 heavy (non-hydrogen) atoms. The summed E-state index contributed by atoms with van der Waals surface area (Å²) in [6.45, 7) is 9.22. The first-order chi connectivity index (χ1) is 8.06.